The minimum absolute atomic E-state index is 0.0362. The van der Waals surface area contributed by atoms with Crippen molar-refractivity contribution in [3.05, 3.63) is 0 Å². The molecule has 0 aromatic carbocycles. The molecule has 0 aromatic heterocycles. The molecule has 0 aromatic rings. The zero-order valence-electron chi connectivity index (χ0n) is 40.6. The minimum atomic E-state index is -1.98. The highest BCUT2D eigenvalue weighted by Gasteiger charge is 2.37. The van der Waals surface area contributed by atoms with E-state index in [1.54, 1.807) is 0 Å². The molecule has 0 heterocycles. The molecule has 0 radical (unpaired) electrons. The lowest BCUT2D eigenvalue weighted by atomic mass is 10.0. The number of carboxylic acids is 3. The van der Waals surface area contributed by atoms with Crippen molar-refractivity contribution in [2.45, 2.75) is 166 Å². The van der Waals surface area contributed by atoms with E-state index >= 15 is 0 Å². The Labute approximate surface area is 409 Å². The second-order valence-electron chi connectivity index (χ2n) is 17.6. The second kappa shape index (κ2) is 32.0. The Morgan fingerprint density at radius 3 is 1.37 bits per heavy atom. The summed E-state index contributed by atoms with van der Waals surface area (Å²) in [4.78, 5) is 165. The van der Waals surface area contributed by atoms with Crippen LogP contribution in [-0.2, 0) is 62.3 Å². The van der Waals surface area contributed by atoms with Crippen LogP contribution in [0.25, 0.3) is 0 Å². The van der Waals surface area contributed by atoms with Crippen LogP contribution in [0.15, 0.2) is 0 Å². The van der Waals surface area contributed by atoms with E-state index in [1.165, 1.54) is 20.8 Å². The number of nitrogens with one attached hydrogen (secondary N) is 8. The van der Waals surface area contributed by atoms with Crippen molar-refractivity contribution in [2.75, 3.05) is 6.54 Å². The fourth-order valence-corrected chi connectivity index (χ4v) is 6.45. The normalized spacial score (nSPS) is 15.3. The number of primary amides is 2. The van der Waals surface area contributed by atoms with Gasteiger partial charge in [-0.2, -0.15) is 0 Å². The van der Waals surface area contributed by atoms with E-state index in [2.05, 4.69) is 37.2 Å². The number of hydrogen-bond acceptors (Lipinski definition) is 16. The van der Waals surface area contributed by atoms with Crippen molar-refractivity contribution >= 4 is 77.0 Å². The molecule has 10 amide bonds. The molecule has 402 valence electrons. The molecule has 0 aliphatic heterocycles. The maximum absolute atomic E-state index is 13.8. The largest absolute Gasteiger partial charge is 0.481 e. The van der Waals surface area contributed by atoms with Gasteiger partial charge in [-0.15, -0.1) is 0 Å². The van der Waals surface area contributed by atoms with Crippen LogP contribution in [0.4, 0.5) is 0 Å². The molecule has 0 rings (SSSR count). The van der Waals surface area contributed by atoms with E-state index < -0.39 is 182 Å². The Morgan fingerprint density at radius 2 is 0.915 bits per heavy atom. The molecule has 71 heavy (non-hydrogen) atoms. The maximum Gasteiger partial charge on any atom is 0.326 e. The summed E-state index contributed by atoms with van der Waals surface area (Å²) in [5, 5.41) is 56.5. The number of hydrogen-bond donors (Lipinski definition) is 16. The number of rotatable bonds is 35. The smallest absolute Gasteiger partial charge is 0.326 e. The zero-order valence-corrected chi connectivity index (χ0v) is 40.6. The summed E-state index contributed by atoms with van der Waals surface area (Å²) in [5.74, 6) is -16.2. The Morgan fingerprint density at radius 1 is 0.465 bits per heavy atom. The molecule has 10 atom stereocenters. The fraction of sp³-hybridized carbons (Fsp3) is 0.690. The topological polar surface area (TPSA) is 503 Å². The predicted octanol–water partition coefficient (Wildman–Crippen LogP) is -6.01. The van der Waals surface area contributed by atoms with Crippen molar-refractivity contribution in [2.24, 2.45) is 34.8 Å². The van der Waals surface area contributed by atoms with Crippen LogP contribution < -0.4 is 65.5 Å². The van der Waals surface area contributed by atoms with Crippen LogP contribution in [-0.4, -0.2) is 164 Å². The van der Waals surface area contributed by atoms with Gasteiger partial charge in [0.2, 0.25) is 59.1 Å². The molecule has 29 nitrogen and oxygen atoms in total. The first kappa shape index (κ1) is 64.0. The highest BCUT2D eigenvalue weighted by Crippen LogP contribution is 2.10. The van der Waals surface area contributed by atoms with Crippen LogP contribution in [0, 0.1) is 11.8 Å². The number of carboxylic acid groups (broad SMARTS) is 3. The summed E-state index contributed by atoms with van der Waals surface area (Å²) in [5.41, 5.74) is 22.1. The SMILES string of the molecule is CC(C)C[C@H](N)C(=O)N[C@@H](C)C(=O)N[C@@H](CCCCN)C(=O)N[C@@H](CCC(=O)O)C(=O)N[C@@H](CC(N)=O)C(=O)N[C@H](C(=O)N[C@H](C(=O)N[C@@H](CCC(N)=O)C(=O)N[C@@H](CC(=O)O)C(=O)O)[C@@H](C)O)C(C)C. The van der Waals surface area contributed by atoms with E-state index in [1.807, 2.05) is 19.2 Å². The Kier molecular flexibility index (Phi) is 28.8. The summed E-state index contributed by atoms with van der Waals surface area (Å²) in [6.45, 7) is 9.12. The number of nitrogens with two attached hydrogens (primary N) is 4. The average Bonchev–Trinajstić information content (AvgIpc) is 3.25. The van der Waals surface area contributed by atoms with Crippen molar-refractivity contribution in [3.63, 3.8) is 0 Å². The summed E-state index contributed by atoms with van der Waals surface area (Å²) in [6.07, 6.45) is -5.19. The lowest BCUT2D eigenvalue weighted by Gasteiger charge is -2.29. The summed E-state index contributed by atoms with van der Waals surface area (Å²) < 4.78 is 0. The first-order chi connectivity index (χ1) is 32.9. The molecule has 0 aliphatic carbocycles. The molecule has 0 unspecified atom stereocenters. The van der Waals surface area contributed by atoms with E-state index in [0.717, 1.165) is 6.92 Å². The molecule has 0 saturated carbocycles. The minimum Gasteiger partial charge on any atom is -0.481 e. The van der Waals surface area contributed by atoms with Gasteiger partial charge < -0.3 is 85.9 Å². The number of aliphatic carboxylic acids is 3. The van der Waals surface area contributed by atoms with Crippen molar-refractivity contribution in [1.29, 1.82) is 0 Å². The number of unbranched alkanes of at least 4 members (excludes halogenated alkanes) is 1. The van der Waals surface area contributed by atoms with Crippen molar-refractivity contribution in [1.82, 2.24) is 42.5 Å². The third-order valence-corrected chi connectivity index (χ3v) is 10.3. The van der Waals surface area contributed by atoms with Gasteiger partial charge in [0.25, 0.3) is 0 Å². The lowest BCUT2D eigenvalue weighted by molar-refractivity contribution is -0.147. The van der Waals surface area contributed by atoms with Crippen LogP contribution in [0.3, 0.4) is 0 Å². The summed E-state index contributed by atoms with van der Waals surface area (Å²) >= 11 is 0. The molecule has 0 aliphatic rings. The number of aliphatic hydroxyl groups is 1. The second-order valence-corrected chi connectivity index (χ2v) is 17.6. The molecular weight excluding hydrogens is 945 g/mol. The molecule has 0 spiro atoms. The highest BCUT2D eigenvalue weighted by atomic mass is 16.4. The van der Waals surface area contributed by atoms with Crippen LogP contribution in [0.5, 0.6) is 0 Å². The highest BCUT2D eigenvalue weighted by molar-refractivity contribution is 5.99. The average molecular weight is 1020 g/mol. The first-order valence-corrected chi connectivity index (χ1v) is 22.7. The standard InChI is InChI=1S/C42H72N12O17/c1-18(2)15-22(44)35(63)47-20(5)34(62)48-23(9-7-8-14-43)36(64)49-25(11-13-30(58)59)37(65)51-26(16-29(46)57)39(67)53-32(19(3)4)40(68)54-33(21(6)55)41(69)50-24(10-12-28(45)56)38(66)52-27(42(70)71)17-31(60)61/h18-27,32-33,55H,7-17,43-44H2,1-6H3,(H2,45,56)(H2,46,57)(H,47,63)(H,48,62)(H,49,64)(H,50,69)(H,51,65)(H,52,66)(H,53,67)(H,54,68)(H,58,59)(H,60,61)(H,70,71)/t20-,21+,22-,23-,24-,25-,26-,27-,32-,33-/m0/s1. The van der Waals surface area contributed by atoms with Crippen LogP contribution in [0.1, 0.15) is 106 Å². The number of aliphatic hydroxyl groups excluding tert-OH is 1. The van der Waals surface area contributed by atoms with Gasteiger partial charge in [-0.3, -0.25) is 57.5 Å². The predicted molar refractivity (Wildman–Crippen MR) is 247 cm³/mol. The van der Waals surface area contributed by atoms with Gasteiger partial charge in [-0.1, -0.05) is 27.7 Å². The summed E-state index contributed by atoms with van der Waals surface area (Å²) in [7, 11) is 0. The molecule has 0 fully saturated rings. The quantitative estimate of drug-likeness (QED) is 0.0263. The van der Waals surface area contributed by atoms with Crippen LogP contribution in [0.2, 0.25) is 0 Å². The van der Waals surface area contributed by atoms with Crippen molar-refractivity contribution in [3.8, 4) is 0 Å². The van der Waals surface area contributed by atoms with E-state index in [0.29, 0.717) is 12.8 Å². The van der Waals surface area contributed by atoms with E-state index in [9.17, 15) is 77.6 Å². The lowest BCUT2D eigenvalue weighted by Crippen LogP contribution is -2.62. The Balaban J connectivity index is 6.54. The van der Waals surface area contributed by atoms with Gasteiger partial charge in [0, 0.05) is 12.8 Å². The molecule has 29 heteroatoms. The van der Waals surface area contributed by atoms with Gasteiger partial charge >= 0.3 is 17.9 Å². The monoisotopic (exact) mass is 1020 g/mol. The zero-order chi connectivity index (χ0) is 54.9. The molecule has 20 N–H and O–H groups in total. The number of amides is 10. The Bertz CT molecular complexity index is 1920. The fourth-order valence-electron chi connectivity index (χ4n) is 6.45. The number of carbonyl (C=O) groups is 13. The maximum atomic E-state index is 13.8. The van der Waals surface area contributed by atoms with Crippen LogP contribution >= 0.6 is 0 Å². The van der Waals surface area contributed by atoms with E-state index in [-0.39, 0.29) is 25.3 Å². The third kappa shape index (κ3) is 25.4. The van der Waals surface area contributed by atoms with Gasteiger partial charge in [-0.05, 0) is 70.8 Å². The third-order valence-electron chi connectivity index (χ3n) is 10.3. The Hall–Kier alpha value is -7.01. The summed E-state index contributed by atoms with van der Waals surface area (Å²) in [6, 6.07) is -14.4. The van der Waals surface area contributed by atoms with Crippen molar-refractivity contribution < 1.29 is 82.8 Å². The van der Waals surface area contributed by atoms with Gasteiger partial charge in [0.15, 0.2) is 0 Å². The number of carbonyl (C=O) groups excluding carboxylic acids is 10. The molecular formula is C42H72N12O17. The van der Waals surface area contributed by atoms with Gasteiger partial charge in [0.05, 0.1) is 25.0 Å². The van der Waals surface area contributed by atoms with Gasteiger partial charge in [-0.25, -0.2) is 4.79 Å². The molecule has 0 saturated heterocycles. The molecule has 0 bridgehead atoms. The first-order valence-electron chi connectivity index (χ1n) is 22.7. The van der Waals surface area contributed by atoms with E-state index in [4.69, 9.17) is 28.0 Å². The van der Waals surface area contributed by atoms with Gasteiger partial charge in [0.1, 0.15) is 48.3 Å².